The maximum atomic E-state index is 3.60. The van der Waals surface area contributed by atoms with Crippen molar-refractivity contribution in [1.29, 1.82) is 0 Å². The standard InChI is InChI=1S/3C4H9.CH3.Cu/c3*1-3-4-2;;/h3*1,3-4H2,2H3;1H3;/q4*-1;. The maximum Gasteiger partial charge on any atom is 0 e. The van der Waals surface area contributed by atoms with Crippen molar-refractivity contribution in [3.05, 3.63) is 28.2 Å². The molecule has 0 aromatic rings. The minimum absolute atomic E-state index is 0. The summed E-state index contributed by atoms with van der Waals surface area (Å²) in [7, 11) is 0. The van der Waals surface area contributed by atoms with Crippen LogP contribution in [0.3, 0.4) is 0 Å². The van der Waals surface area contributed by atoms with Crippen molar-refractivity contribution in [1.82, 2.24) is 0 Å². The molecule has 0 amide bonds. The van der Waals surface area contributed by atoms with Gasteiger partial charge in [0.2, 0.25) is 0 Å². The van der Waals surface area contributed by atoms with Gasteiger partial charge in [-0.05, 0) is 0 Å². The summed E-state index contributed by atoms with van der Waals surface area (Å²) in [4.78, 5) is 0. The van der Waals surface area contributed by atoms with E-state index >= 15 is 0 Å². The normalized spacial score (nSPS) is 6.43. The fraction of sp³-hybridized carbons (Fsp3) is 0.692. The third kappa shape index (κ3) is 134. The van der Waals surface area contributed by atoms with E-state index in [4.69, 9.17) is 0 Å². The molecule has 0 saturated heterocycles. The van der Waals surface area contributed by atoms with E-state index in [1.54, 1.807) is 0 Å². The molecule has 0 aliphatic carbocycles. The Morgan fingerprint density at radius 3 is 0.714 bits per heavy atom. The molecule has 14 heavy (non-hydrogen) atoms. The molecule has 0 heterocycles. The molecule has 0 bridgehead atoms. The molecule has 1 heteroatoms. The minimum Gasteiger partial charge on any atom is -0.358 e. The molecular weight excluding hydrogens is 220 g/mol. The van der Waals surface area contributed by atoms with Gasteiger partial charge in [0.15, 0.2) is 0 Å². The van der Waals surface area contributed by atoms with E-state index in [0.717, 1.165) is 19.3 Å². The quantitative estimate of drug-likeness (QED) is 0.470. The molecule has 0 fully saturated rings. The van der Waals surface area contributed by atoms with Gasteiger partial charge in [-0.3, -0.25) is 0 Å². The Balaban J connectivity index is -0.0000000270. The fourth-order valence-electron chi connectivity index (χ4n) is 0. The zero-order chi connectivity index (χ0) is 10.2. The van der Waals surface area contributed by atoms with Crippen LogP contribution in [0.5, 0.6) is 0 Å². The molecule has 0 N–H and O–H groups in total. The molecule has 0 nitrogen and oxygen atoms in total. The molecule has 0 aliphatic heterocycles. The van der Waals surface area contributed by atoms with E-state index < -0.39 is 0 Å². The van der Waals surface area contributed by atoms with Gasteiger partial charge in [0, 0.05) is 17.1 Å². The summed E-state index contributed by atoms with van der Waals surface area (Å²) >= 11 is 0. The summed E-state index contributed by atoms with van der Waals surface area (Å²) in [6, 6.07) is 0. The van der Waals surface area contributed by atoms with E-state index in [9.17, 15) is 0 Å². The summed E-state index contributed by atoms with van der Waals surface area (Å²) in [5, 5.41) is 0. The molecule has 0 aromatic heterocycles. The van der Waals surface area contributed by atoms with Crippen molar-refractivity contribution < 1.29 is 17.1 Å². The van der Waals surface area contributed by atoms with Gasteiger partial charge in [0.05, 0.1) is 0 Å². The van der Waals surface area contributed by atoms with Gasteiger partial charge in [-0.2, -0.15) is 19.3 Å². The van der Waals surface area contributed by atoms with Crippen LogP contribution in [0.25, 0.3) is 0 Å². The second-order valence-corrected chi connectivity index (χ2v) is 2.56. The van der Waals surface area contributed by atoms with Gasteiger partial charge in [0.1, 0.15) is 0 Å². The first kappa shape index (κ1) is 29.3. The van der Waals surface area contributed by atoms with E-state index in [2.05, 4.69) is 41.5 Å². The van der Waals surface area contributed by atoms with Gasteiger partial charge >= 0.3 is 0 Å². The Labute approximate surface area is 105 Å². The summed E-state index contributed by atoms with van der Waals surface area (Å²) in [5.41, 5.74) is 0. The monoisotopic (exact) mass is 249 g/mol. The molecular formula is C13H30Cu-4. The van der Waals surface area contributed by atoms with Crippen molar-refractivity contribution in [3.63, 3.8) is 0 Å². The van der Waals surface area contributed by atoms with Gasteiger partial charge < -0.3 is 28.2 Å². The zero-order valence-electron chi connectivity index (χ0n) is 10.7. The van der Waals surface area contributed by atoms with Crippen molar-refractivity contribution in [2.45, 2.75) is 59.3 Å². The van der Waals surface area contributed by atoms with Crippen LogP contribution in [0.15, 0.2) is 0 Å². The minimum atomic E-state index is 0. The van der Waals surface area contributed by atoms with Gasteiger partial charge in [-0.1, -0.05) is 40.0 Å². The molecule has 0 rings (SSSR count). The Bertz CT molecular complexity index is 20.7. The van der Waals surface area contributed by atoms with Crippen LogP contribution in [0.2, 0.25) is 0 Å². The van der Waals surface area contributed by atoms with Crippen molar-refractivity contribution in [2.75, 3.05) is 0 Å². The van der Waals surface area contributed by atoms with Crippen LogP contribution in [0.1, 0.15) is 59.3 Å². The van der Waals surface area contributed by atoms with Gasteiger partial charge in [-0.25, -0.2) is 0 Å². The van der Waals surface area contributed by atoms with Crippen LogP contribution in [0, 0.1) is 28.2 Å². The summed E-state index contributed by atoms with van der Waals surface area (Å²) in [6.07, 6.45) is 6.83. The second kappa shape index (κ2) is 49.9. The Morgan fingerprint density at radius 2 is 0.714 bits per heavy atom. The van der Waals surface area contributed by atoms with Crippen molar-refractivity contribution >= 4 is 0 Å². The Hall–Kier alpha value is 0.519. The fourth-order valence-corrected chi connectivity index (χ4v) is 0. The SMILES string of the molecule is [CH2-]CCC.[CH2-]CCC.[CH2-]CCC.[CH3-].[Cu]. The summed E-state index contributed by atoms with van der Waals surface area (Å²) in [5.74, 6) is 0. The molecule has 1 radical (unpaired) electrons. The average Bonchev–Trinajstić information content (AvgIpc) is 2.18. The maximum absolute atomic E-state index is 3.60. The molecule has 0 spiro atoms. The van der Waals surface area contributed by atoms with Crippen molar-refractivity contribution in [3.8, 4) is 0 Å². The number of hydrogen-bond donors (Lipinski definition) is 0. The first-order valence-electron chi connectivity index (χ1n) is 5.12. The summed E-state index contributed by atoms with van der Waals surface area (Å²) in [6.45, 7) is 17.2. The van der Waals surface area contributed by atoms with Crippen LogP contribution in [-0.2, 0) is 17.1 Å². The predicted octanol–water partition coefficient (Wildman–Crippen LogP) is 5.31. The molecule has 97 valence electrons. The molecule has 0 aliphatic rings. The predicted molar refractivity (Wildman–Crippen MR) is 67.2 cm³/mol. The largest absolute Gasteiger partial charge is 0.358 e. The van der Waals surface area contributed by atoms with Crippen LogP contribution in [-0.4, -0.2) is 0 Å². The van der Waals surface area contributed by atoms with Crippen LogP contribution >= 0.6 is 0 Å². The van der Waals surface area contributed by atoms with Gasteiger partial charge in [-0.15, -0.1) is 0 Å². The molecule has 0 atom stereocenters. The van der Waals surface area contributed by atoms with E-state index in [1.165, 1.54) is 19.3 Å². The second-order valence-electron chi connectivity index (χ2n) is 2.56. The third-order valence-corrected chi connectivity index (χ3v) is 1.06. The average molecular weight is 250 g/mol. The van der Waals surface area contributed by atoms with Crippen molar-refractivity contribution in [2.24, 2.45) is 0 Å². The Kier molecular flexibility index (Phi) is 104. The third-order valence-electron chi connectivity index (χ3n) is 1.06. The number of hydrogen-bond acceptors (Lipinski definition) is 0. The molecule has 0 unspecified atom stereocenters. The topological polar surface area (TPSA) is 0 Å². The first-order valence-corrected chi connectivity index (χ1v) is 5.12. The first-order chi connectivity index (χ1) is 5.74. The Morgan fingerprint density at radius 1 is 0.643 bits per heavy atom. The zero-order valence-corrected chi connectivity index (χ0v) is 11.6. The summed E-state index contributed by atoms with van der Waals surface area (Å²) < 4.78 is 0. The van der Waals surface area contributed by atoms with E-state index in [-0.39, 0.29) is 24.5 Å². The number of unbranched alkanes of at least 4 members (excludes halogenated alkanes) is 3. The van der Waals surface area contributed by atoms with Crippen LogP contribution < -0.4 is 0 Å². The smallest absolute Gasteiger partial charge is 0 e. The van der Waals surface area contributed by atoms with Crippen LogP contribution in [0.4, 0.5) is 0 Å². The molecule has 0 saturated carbocycles. The van der Waals surface area contributed by atoms with E-state index in [1.807, 2.05) is 0 Å². The molecule has 0 aromatic carbocycles. The number of rotatable bonds is 3. The van der Waals surface area contributed by atoms with E-state index in [0.29, 0.717) is 0 Å². The van der Waals surface area contributed by atoms with Gasteiger partial charge in [0.25, 0.3) is 0 Å².